The first kappa shape index (κ1) is 17.9. The number of carbonyl (C=O) groups excluding carboxylic acids is 1. The number of carboxylic acids is 1. The minimum atomic E-state index is -0.980. The molecule has 5 heteroatoms. The smallest absolute Gasteiger partial charge is 0.326 e. The summed E-state index contributed by atoms with van der Waals surface area (Å²) in [7, 11) is 0. The monoisotopic (exact) mass is 272 g/mol. The van der Waals surface area contributed by atoms with Gasteiger partial charge in [0.05, 0.1) is 0 Å². The first-order valence-corrected chi connectivity index (χ1v) is 6.93. The summed E-state index contributed by atoms with van der Waals surface area (Å²) in [5.74, 6) is -1.26. The van der Waals surface area contributed by atoms with Crippen molar-refractivity contribution in [1.29, 1.82) is 0 Å². The summed E-state index contributed by atoms with van der Waals surface area (Å²) in [6.45, 7) is 8.17. The van der Waals surface area contributed by atoms with Crippen molar-refractivity contribution in [3.63, 3.8) is 0 Å². The molecule has 0 fully saturated rings. The number of hydrogen-bond acceptors (Lipinski definition) is 3. The molecule has 0 aromatic rings. The van der Waals surface area contributed by atoms with E-state index in [-0.39, 0.29) is 23.8 Å². The predicted molar refractivity (Wildman–Crippen MR) is 75.8 cm³/mol. The average molecular weight is 272 g/mol. The lowest BCUT2D eigenvalue weighted by molar-refractivity contribution is -0.142. The fraction of sp³-hybridized carbons (Fsp3) is 0.857. The van der Waals surface area contributed by atoms with Crippen molar-refractivity contribution in [2.24, 2.45) is 11.1 Å². The highest BCUT2D eigenvalue weighted by Crippen LogP contribution is 2.21. The summed E-state index contributed by atoms with van der Waals surface area (Å²) in [5.41, 5.74) is 5.97. The van der Waals surface area contributed by atoms with Crippen LogP contribution >= 0.6 is 0 Å². The lowest BCUT2D eigenvalue weighted by Gasteiger charge is -2.23. The Balaban J connectivity index is 4.22. The van der Waals surface area contributed by atoms with Gasteiger partial charge in [0, 0.05) is 12.5 Å². The highest BCUT2D eigenvalue weighted by atomic mass is 16.4. The van der Waals surface area contributed by atoms with Crippen LogP contribution in [0.15, 0.2) is 0 Å². The highest BCUT2D eigenvalue weighted by molar-refractivity contribution is 5.83. The number of carbonyl (C=O) groups is 2. The molecule has 4 N–H and O–H groups in total. The molecule has 2 atom stereocenters. The second-order valence-electron chi connectivity index (χ2n) is 6.33. The van der Waals surface area contributed by atoms with Crippen molar-refractivity contribution in [3.8, 4) is 0 Å². The molecule has 0 aliphatic heterocycles. The van der Waals surface area contributed by atoms with Crippen LogP contribution in [0.1, 0.15) is 59.8 Å². The molecular weight excluding hydrogens is 244 g/mol. The van der Waals surface area contributed by atoms with E-state index in [0.717, 1.165) is 19.3 Å². The number of nitrogens with one attached hydrogen (secondary N) is 1. The van der Waals surface area contributed by atoms with Crippen molar-refractivity contribution in [2.45, 2.75) is 71.9 Å². The van der Waals surface area contributed by atoms with Gasteiger partial charge in [-0.05, 0) is 18.3 Å². The number of rotatable bonds is 8. The lowest BCUT2D eigenvalue weighted by Crippen LogP contribution is -2.43. The van der Waals surface area contributed by atoms with E-state index in [0.29, 0.717) is 6.42 Å². The molecule has 1 unspecified atom stereocenters. The number of amides is 1. The van der Waals surface area contributed by atoms with Crippen LogP contribution in [-0.4, -0.2) is 29.1 Å². The lowest BCUT2D eigenvalue weighted by atomic mass is 9.87. The van der Waals surface area contributed by atoms with E-state index in [4.69, 9.17) is 10.8 Å². The van der Waals surface area contributed by atoms with E-state index in [1.165, 1.54) is 0 Å². The van der Waals surface area contributed by atoms with Crippen LogP contribution in [0.3, 0.4) is 0 Å². The molecule has 0 saturated carbocycles. The minimum Gasteiger partial charge on any atom is -0.480 e. The number of carboxylic acid groups (broad SMARTS) is 1. The summed E-state index contributed by atoms with van der Waals surface area (Å²) in [6.07, 6.45) is 3.06. The Bertz CT molecular complexity index is 298. The van der Waals surface area contributed by atoms with Crippen molar-refractivity contribution in [2.75, 3.05) is 0 Å². The van der Waals surface area contributed by atoms with Crippen molar-refractivity contribution in [1.82, 2.24) is 5.32 Å². The van der Waals surface area contributed by atoms with Gasteiger partial charge in [-0.2, -0.15) is 0 Å². The zero-order chi connectivity index (χ0) is 15.1. The highest BCUT2D eigenvalue weighted by Gasteiger charge is 2.22. The van der Waals surface area contributed by atoms with Gasteiger partial charge in [0.1, 0.15) is 6.04 Å². The minimum absolute atomic E-state index is 0.0636. The molecule has 1 amide bonds. The Morgan fingerprint density at radius 1 is 1.32 bits per heavy atom. The van der Waals surface area contributed by atoms with Crippen LogP contribution in [0.2, 0.25) is 0 Å². The Hall–Kier alpha value is -1.10. The average Bonchev–Trinajstić information content (AvgIpc) is 2.20. The fourth-order valence-corrected chi connectivity index (χ4v) is 2.02. The van der Waals surface area contributed by atoms with Gasteiger partial charge in [-0.1, -0.05) is 40.5 Å². The second kappa shape index (κ2) is 8.15. The van der Waals surface area contributed by atoms with Crippen molar-refractivity contribution in [3.05, 3.63) is 0 Å². The Kier molecular flexibility index (Phi) is 7.68. The van der Waals surface area contributed by atoms with Crippen molar-refractivity contribution >= 4 is 11.9 Å². The first-order valence-electron chi connectivity index (χ1n) is 6.93. The van der Waals surface area contributed by atoms with E-state index < -0.39 is 12.0 Å². The maximum absolute atomic E-state index is 11.8. The van der Waals surface area contributed by atoms with Gasteiger partial charge in [-0.25, -0.2) is 4.79 Å². The molecule has 0 aromatic carbocycles. The molecular formula is C14H28N2O3. The molecule has 0 heterocycles. The van der Waals surface area contributed by atoms with E-state index >= 15 is 0 Å². The molecule has 0 bridgehead atoms. The topological polar surface area (TPSA) is 92.4 Å². The first-order chi connectivity index (χ1) is 8.65. The van der Waals surface area contributed by atoms with Gasteiger partial charge in [0.25, 0.3) is 0 Å². The quantitative estimate of drug-likeness (QED) is 0.629. The number of hydrogen-bond donors (Lipinski definition) is 3. The zero-order valence-corrected chi connectivity index (χ0v) is 12.5. The predicted octanol–water partition coefficient (Wildman–Crippen LogP) is 1.90. The molecule has 0 radical (unpaired) electrons. The molecule has 0 spiro atoms. The van der Waals surface area contributed by atoms with E-state index in [1.807, 2.05) is 6.92 Å². The summed E-state index contributed by atoms with van der Waals surface area (Å²) >= 11 is 0. The molecule has 112 valence electrons. The molecule has 0 rings (SSSR count). The van der Waals surface area contributed by atoms with Crippen LogP contribution in [-0.2, 0) is 9.59 Å². The van der Waals surface area contributed by atoms with E-state index in [9.17, 15) is 9.59 Å². The van der Waals surface area contributed by atoms with Gasteiger partial charge in [0.15, 0.2) is 0 Å². The normalized spacial score (nSPS) is 14.8. The molecule has 0 saturated heterocycles. The Morgan fingerprint density at radius 3 is 2.32 bits per heavy atom. The third kappa shape index (κ3) is 9.47. The van der Waals surface area contributed by atoms with Gasteiger partial charge < -0.3 is 16.2 Å². The van der Waals surface area contributed by atoms with E-state index in [1.54, 1.807) is 0 Å². The van der Waals surface area contributed by atoms with Crippen molar-refractivity contribution < 1.29 is 14.7 Å². The standard InChI is InChI=1S/C14H28N2O3/c1-5-6-7-11(13(18)19)16-12(17)8-10(15)9-14(2,3)4/h10-11H,5-9,15H2,1-4H3,(H,16,17)(H,18,19)/t10?,11-/m0/s1. The summed E-state index contributed by atoms with van der Waals surface area (Å²) in [4.78, 5) is 22.8. The number of unbranched alkanes of at least 4 members (excludes halogenated alkanes) is 1. The van der Waals surface area contributed by atoms with E-state index in [2.05, 4.69) is 26.1 Å². The largest absolute Gasteiger partial charge is 0.480 e. The molecule has 0 aliphatic rings. The molecule has 0 aromatic heterocycles. The fourth-order valence-electron chi connectivity index (χ4n) is 2.02. The SMILES string of the molecule is CCCC[C@H](NC(=O)CC(N)CC(C)(C)C)C(=O)O. The summed E-state index contributed by atoms with van der Waals surface area (Å²) in [6, 6.07) is -1.03. The zero-order valence-electron chi connectivity index (χ0n) is 12.5. The van der Waals surface area contributed by atoms with Crippen LogP contribution in [0.4, 0.5) is 0 Å². The van der Waals surface area contributed by atoms with Gasteiger partial charge >= 0.3 is 5.97 Å². The third-order valence-corrected chi connectivity index (χ3v) is 2.80. The molecule has 0 aliphatic carbocycles. The maximum atomic E-state index is 11.8. The third-order valence-electron chi connectivity index (χ3n) is 2.80. The Labute approximate surface area is 115 Å². The molecule has 5 nitrogen and oxygen atoms in total. The van der Waals surface area contributed by atoms with Crippen LogP contribution in [0.5, 0.6) is 0 Å². The summed E-state index contributed by atoms with van der Waals surface area (Å²) in [5, 5.41) is 11.6. The summed E-state index contributed by atoms with van der Waals surface area (Å²) < 4.78 is 0. The van der Waals surface area contributed by atoms with Crippen LogP contribution in [0, 0.1) is 5.41 Å². The van der Waals surface area contributed by atoms with Gasteiger partial charge in [-0.3, -0.25) is 4.79 Å². The van der Waals surface area contributed by atoms with Crippen LogP contribution < -0.4 is 11.1 Å². The van der Waals surface area contributed by atoms with Gasteiger partial charge in [0.2, 0.25) is 5.91 Å². The van der Waals surface area contributed by atoms with Crippen LogP contribution in [0.25, 0.3) is 0 Å². The maximum Gasteiger partial charge on any atom is 0.326 e. The Morgan fingerprint density at radius 2 is 1.89 bits per heavy atom. The number of aliphatic carboxylic acids is 1. The molecule has 19 heavy (non-hydrogen) atoms. The second-order valence-corrected chi connectivity index (χ2v) is 6.33. The number of nitrogens with two attached hydrogens (primary N) is 1. The van der Waals surface area contributed by atoms with Gasteiger partial charge in [-0.15, -0.1) is 0 Å².